The molecule has 22 heavy (non-hydrogen) atoms. The zero-order valence-corrected chi connectivity index (χ0v) is 12.0. The number of aromatic nitrogens is 2. The number of hydrogen-bond donors (Lipinski definition) is 2. The highest BCUT2D eigenvalue weighted by Crippen LogP contribution is 2.17. The molecule has 1 aromatic heterocycles. The molecule has 0 aliphatic carbocycles. The van der Waals surface area contributed by atoms with Gasteiger partial charge in [-0.1, -0.05) is 12.1 Å². The Morgan fingerprint density at radius 3 is 2.86 bits per heavy atom. The fourth-order valence-corrected chi connectivity index (χ4v) is 2.30. The van der Waals surface area contributed by atoms with E-state index in [0.29, 0.717) is 5.82 Å². The van der Waals surface area contributed by atoms with Gasteiger partial charge in [0.2, 0.25) is 0 Å². The van der Waals surface area contributed by atoms with Gasteiger partial charge < -0.3 is 15.6 Å². The summed E-state index contributed by atoms with van der Waals surface area (Å²) < 4.78 is 13.3. The smallest absolute Gasteiger partial charge is 0.256 e. The van der Waals surface area contributed by atoms with Crippen molar-refractivity contribution in [1.29, 1.82) is 0 Å². The number of hydrogen-bond acceptors (Lipinski definition) is 3. The number of nitrogen functional groups attached to an aromatic ring is 1. The fourth-order valence-electron chi connectivity index (χ4n) is 2.30. The van der Waals surface area contributed by atoms with Crippen LogP contribution in [0.1, 0.15) is 16.2 Å². The largest absolute Gasteiger partial charge is 0.398 e. The van der Waals surface area contributed by atoms with Gasteiger partial charge in [-0.3, -0.25) is 4.79 Å². The van der Waals surface area contributed by atoms with Gasteiger partial charge in [0.15, 0.2) is 0 Å². The third-order valence-electron chi connectivity index (χ3n) is 3.42. The number of amides is 1. The lowest BCUT2D eigenvalue weighted by Crippen LogP contribution is -2.27. The van der Waals surface area contributed by atoms with Crippen LogP contribution in [0.4, 0.5) is 10.1 Å². The van der Waals surface area contributed by atoms with Crippen molar-refractivity contribution in [2.75, 3.05) is 12.8 Å². The quantitative estimate of drug-likeness (QED) is 0.730. The van der Waals surface area contributed by atoms with Crippen molar-refractivity contribution in [2.45, 2.75) is 6.54 Å². The van der Waals surface area contributed by atoms with Gasteiger partial charge in [-0.15, -0.1) is 0 Å². The number of imidazole rings is 1. The van der Waals surface area contributed by atoms with Gasteiger partial charge in [0, 0.05) is 12.7 Å². The van der Waals surface area contributed by atoms with E-state index in [4.69, 9.17) is 5.73 Å². The zero-order valence-electron chi connectivity index (χ0n) is 12.0. The molecule has 0 saturated heterocycles. The molecule has 3 rings (SSSR count). The number of benzene rings is 2. The van der Waals surface area contributed by atoms with Crippen LogP contribution in [0.15, 0.2) is 42.5 Å². The summed E-state index contributed by atoms with van der Waals surface area (Å²) >= 11 is 0. The highest BCUT2D eigenvalue weighted by molar-refractivity contribution is 5.98. The molecule has 0 aliphatic heterocycles. The van der Waals surface area contributed by atoms with E-state index in [1.165, 1.54) is 17.0 Å². The molecule has 1 heterocycles. The fraction of sp³-hybridized carbons (Fsp3) is 0.125. The molecule has 3 N–H and O–H groups in total. The van der Waals surface area contributed by atoms with Crippen molar-refractivity contribution in [1.82, 2.24) is 14.9 Å². The number of nitrogens with zero attached hydrogens (tertiary/aromatic N) is 2. The molecule has 0 atom stereocenters. The van der Waals surface area contributed by atoms with Crippen LogP contribution in [0.5, 0.6) is 0 Å². The number of H-pyrrole nitrogens is 1. The Kier molecular flexibility index (Phi) is 3.50. The summed E-state index contributed by atoms with van der Waals surface area (Å²) in [7, 11) is 1.62. The van der Waals surface area contributed by atoms with Gasteiger partial charge >= 0.3 is 0 Å². The van der Waals surface area contributed by atoms with Crippen LogP contribution < -0.4 is 5.73 Å². The van der Waals surface area contributed by atoms with E-state index in [1.807, 2.05) is 24.3 Å². The molecular formula is C16H15FN4O. The van der Waals surface area contributed by atoms with Crippen molar-refractivity contribution in [3.05, 3.63) is 59.7 Å². The van der Waals surface area contributed by atoms with Crippen molar-refractivity contribution < 1.29 is 9.18 Å². The monoisotopic (exact) mass is 298 g/mol. The molecule has 0 aliphatic rings. The van der Waals surface area contributed by atoms with Gasteiger partial charge in [-0.05, 0) is 30.3 Å². The van der Waals surface area contributed by atoms with Crippen LogP contribution in [-0.2, 0) is 6.54 Å². The van der Waals surface area contributed by atoms with Gasteiger partial charge in [-0.2, -0.15) is 0 Å². The maximum absolute atomic E-state index is 13.3. The Bertz CT molecular complexity index is 810. The maximum atomic E-state index is 13.3. The number of carbonyl (C=O) groups is 1. The number of fused-ring (bicyclic) bond motifs is 1. The zero-order chi connectivity index (χ0) is 15.7. The van der Waals surface area contributed by atoms with Crippen LogP contribution in [-0.4, -0.2) is 27.8 Å². The van der Waals surface area contributed by atoms with Crippen LogP contribution in [0, 0.1) is 5.82 Å². The molecule has 2 aromatic carbocycles. The number of rotatable bonds is 3. The van der Waals surface area contributed by atoms with Crippen molar-refractivity contribution in [3.8, 4) is 0 Å². The third-order valence-corrected chi connectivity index (χ3v) is 3.42. The van der Waals surface area contributed by atoms with Crippen LogP contribution >= 0.6 is 0 Å². The minimum absolute atomic E-state index is 0.151. The number of anilines is 1. The van der Waals surface area contributed by atoms with Gasteiger partial charge in [0.05, 0.1) is 23.1 Å². The molecule has 0 radical (unpaired) electrons. The predicted molar refractivity (Wildman–Crippen MR) is 82.7 cm³/mol. The summed E-state index contributed by atoms with van der Waals surface area (Å²) in [6, 6.07) is 11.4. The van der Waals surface area contributed by atoms with Crippen molar-refractivity contribution >= 4 is 22.6 Å². The first-order valence-corrected chi connectivity index (χ1v) is 6.78. The summed E-state index contributed by atoms with van der Waals surface area (Å²) in [5.74, 6) is -0.181. The lowest BCUT2D eigenvalue weighted by Gasteiger charge is -2.16. The number of halogens is 1. The van der Waals surface area contributed by atoms with Gasteiger partial charge in [-0.25, -0.2) is 9.37 Å². The van der Waals surface area contributed by atoms with Gasteiger partial charge in [0.25, 0.3) is 5.91 Å². The van der Waals surface area contributed by atoms with E-state index in [-0.39, 0.29) is 23.7 Å². The molecule has 0 bridgehead atoms. The highest BCUT2D eigenvalue weighted by atomic mass is 19.1. The number of aromatic amines is 1. The molecule has 5 nitrogen and oxygen atoms in total. The van der Waals surface area contributed by atoms with E-state index in [1.54, 1.807) is 7.05 Å². The topological polar surface area (TPSA) is 75.0 Å². The SMILES string of the molecule is CN(Cc1nc2ccccc2[nH]1)C(=O)c1cc(F)ccc1N. The molecule has 3 aromatic rings. The summed E-state index contributed by atoms with van der Waals surface area (Å²) in [5, 5.41) is 0. The molecule has 0 fully saturated rings. The van der Waals surface area contributed by atoms with Crippen LogP contribution in [0.2, 0.25) is 0 Å². The molecule has 112 valence electrons. The van der Waals surface area contributed by atoms with E-state index < -0.39 is 5.82 Å². The second-order valence-electron chi connectivity index (χ2n) is 5.09. The third kappa shape index (κ3) is 2.63. The average Bonchev–Trinajstić information content (AvgIpc) is 2.91. The summed E-state index contributed by atoms with van der Waals surface area (Å²) in [5.41, 5.74) is 7.89. The minimum atomic E-state index is -0.491. The summed E-state index contributed by atoms with van der Waals surface area (Å²) in [6.45, 7) is 0.281. The lowest BCUT2D eigenvalue weighted by molar-refractivity contribution is 0.0782. The molecule has 0 unspecified atom stereocenters. The molecular weight excluding hydrogens is 283 g/mol. The number of nitrogens with two attached hydrogens (primary N) is 1. The van der Waals surface area contributed by atoms with Gasteiger partial charge in [0.1, 0.15) is 11.6 Å². The van der Waals surface area contributed by atoms with E-state index >= 15 is 0 Å². The maximum Gasteiger partial charge on any atom is 0.256 e. The summed E-state index contributed by atoms with van der Waals surface area (Å²) in [4.78, 5) is 21.4. The van der Waals surface area contributed by atoms with Crippen molar-refractivity contribution in [2.24, 2.45) is 0 Å². The predicted octanol–water partition coefficient (Wildman–Crippen LogP) is 2.56. The van der Waals surface area contributed by atoms with Crippen LogP contribution in [0.3, 0.4) is 0 Å². The number of carbonyl (C=O) groups excluding carboxylic acids is 1. The van der Waals surface area contributed by atoms with E-state index in [9.17, 15) is 9.18 Å². The molecule has 1 amide bonds. The normalized spacial score (nSPS) is 10.8. The Labute approximate surface area is 126 Å². The number of nitrogens with one attached hydrogen (secondary N) is 1. The Morgan fingerprint density at radius 1 is 1.32 bits per heavy atom. The second-order valence-corrected chi connectivity index (χ2v) is 5.09. The highest BCUT2D eigenvalue weighted by Gasteiger charge is 2.17. The van der Waals surface area contributed by atoms with E-state index in [2.05, 4.69) is 9.97 Å². The molecule has 0 spiro atoms. The van der Waals surface area contributed by atoms with E-state index in [0.717, 1.165) is 17.1 Å². The standard InChI is InChI=1S/C16H15FN4O/c1-21(16(22)11-8-10(17)6-7-12(11)18)9-15-19-13-4-2-3-5-14(13)20-15/h2-8H,9,18H2,1H3,(H,19,20). The second kappa shape index (κ2) is 5.48. The molecule has 6 heteroatoms. The first-order valence-electron chi connectivity index (χ1n) is 6.78. The number of para-hydroxylation sites is 2. The lowest BCUT2D eigenvalue weighted by atomic mass is 10.1. The Morgan fingerprint density at radius 2 is 2.09 bits per heavy atom. The first kappa shape index (κ1) is 14.1. The minimum Gasteiger partial charge on any atom is -0.398 e. The summed E-state index contributed by atoms with van der Waals surface area (Å²) in [6.07, 6.45) is 0. The Balaban J connectivity index is 1.82. The molecule has 0 saturated carbocycles. The van der Waals surface area contributed by atoms with Crippen molar-refractivity contribution in [3.63, 3.8) is 0 Å². The average molecular weight is 298 g/mol. The Hall–Kier alpha value is -2.89. The van der Waals surface area contributed by atoms with Crippen LogP contribution in [0.25, 0.3) is 11.0 Å². The first-order chi connectivity index (χ1) is 10.5.